The lowest BCUT2D eigenvalue weighted by atomic mass is 10.1. The van der Waals surface area contributed by atoms with Gasteiger partial charge < -0.3 is 4.90 Å². The van der Waals surface area contributed by atoms with E-state index in [2.05, 4.69) is 39.7 Å². The lowest BCUT2D eigenvalue weighted by molar-refractivity contribution is 0.629. The molecule has 0 aliphatic heterocycles. The minimum absolute atomic E-state index is 0.231. The molecule has 0 radical (unpaired) electrons. The van der Waals surface area contributed by atoms with Gasteiger partial charge in [0.25, 0.3) is 0 Å². The van der Waals surface area contributed by atoms with Crippen LogP contribution in [0.5, 0.6) is 0 Å². The Morgan fingerprint density at radius 2 is 1.94 bits per heavy atom. The summed E-state index contributed by atoms with van der Waals surface area (Å²) in [5, 5.41) is 1.84. The minimum Gasteiger partial charge on any atom is -0.357 e. The number of hydrogen-bond donors (Lipinski definition) is 0. The van der Waals surface area contributed by atoms with Gasteiger partial charge in [-0.3, -0.25) is 0 Å². The Morgan fingerprint density at radius 1 is 1.24 bits per heavy atom. The van der Waals surface area contributed by atoms with Crippen LogP contribution < -0.4 is 4.90 Å². The highest BCUT2D eigenvalue weighted by atomic mass is 79.9. The van der Waals surface area contributed by atoms with E-state index in [1.165, 1.54) is 6.07 Å². The largest absolute Gasteiger partial charge is 0.357 e. The van der Waals surface area contributed by atoms with Crippen molar-refractivity contribution in [3.63, 3.8) is 0 Å². The summed E-state index contributed by atoms with van der Waals surface area (Å²) in [6.45, 7) is 5.85. The zero-order valence-corrected chi connectivity index (χ0v) is 11.5. The van der Waals surface area contributed by atoms with Gasteiger partial charge in [-0.25, -0.2) is 9.37 Å². The SMILES string of the molecule is CCN(CC)c1ncc(Br)c2ccc(F)cc12. The predicted molar refractivity (Wildman–Crippen MR) is 73.0 cm³/mol. The second kappa shape index (κ2) is 5.00. The van der Waals surface area contributed by atoms with Gasteiger partial charge in [0.1, 0.15) is 11.6 Å². The van der Waals surface area contributed by atoms with Crippen molar-refractivity contribution in [2.24, 2.45) is 0 Å². The average Bonchev–Trinajstić information content (AvgIpc) is 2.33. The Morgan fingerprint density at radius 3 is 2.59 bits per heavy atom. The van der Waals surface area contributed by atoms with E-state index in [9.17, 15) is 4.39 Å². The maximum atomic E-state index is 13.4. The fraction of sp³-hybridized carbons (Fsp3) is 0.308. The molecule has 2 rings (SSSR count). The van der Waals surface area contributed by atoms with Gasteiger partial charge in [-0.15, -0.1) is 0 Å². The molecule has 0 unspecified atom stereocenters. The molecule has 2 nitrogen and oxygen atoms in total. The first-order valence-electron chi connectivity index (χ1n) is 5.66. The Hall–Kier alpha value is -1.16. The lowest BCUT2D eigenvalue weighted by Gasteiger charge is -2.21. The summed E-state index contributed by atoms with van der Waals surface area (Å²) < 4.78 is 14.3. The Kier molecular flexibility index (Phi) is 3.62. The third kappa shape index (κ3) is 2.27. The summed E-state index contributed by atoms with van der Waals surface area (Å²) in [5.41, 5.74) is 0. The molecule has 0 fully saturated rings. The maximum Gasteiger partial charge on any atom is 0.136 e. The molecule has 17 heavy (non-hydrogen) atoms. The van der Waals surface area contributed by atoms with Crippen molar-refractivity contribution in [3.05, 3.63) is 34.7 Å². The number of rotatable bonds is 3. The fourth-order valence-corrected chi connectivity index (χ4v) is 2.39. The minimum atomic E-state index is -0.231. The molecule has 0 N–H and O–H groups in total. The highest BCUT2D eigenvalue weighted by Crippen LogP contribution is 2.30. The van der Waals surface area contributed by atoms with Gasteiger partial charge in [0.15, 0.2) is 0 Å². The van der Waals surface area contributed by atoms with Crippen LogP contribution in [0.25, 0.3) is 10.8 Å². The van der Waals surface area contributed by atoms with Crippen LogP contribution in [0.3, 0.4) is 0 Å². The van der Waals surface area contributed by atoms with Gasteiger partial charge in [0, 0.05) is 34.5 Å². The number of hydrogen-bond acceptors (Lipinski definition) is 2. The number of benzene rings is 1. The van der Waals surface area contributed by atoms with Crippen LogP contribution in [0, 0.1) is 5.82 Å². The highest BCUT2D eigenvalue weighted by Gasteiger charge is 2.11. The zero-order valence-electron chi connectivity index (χ0n) is 9.87. The van der Waals surface area contributed by atoms with Crippen molar-refractivity contribution in [1.29, 1.82) is 0 Å². The Labute approximate surface area is 109 Å². The van der Waals surface area contributed by atoms with E-state index >= 15 is 0 Å². The second-order valence-electron chi connectivity index (χ2n) is 3.79. The molecule has 0 aliphatic carbocycles. The molecule has 1 heterocycles. The summed E-state index contributed by atoms with van der Waals surface area (Å²) in [6.07, 6.45) is 1.77. The summed E-state index contributed by atoms with van der Waals surface area (Å²) in [5.74, 6) is 0.610. The summed E-state index contributed by atoms with van der Waals surface area (Å²) in [4.78, 5) is 6.52. The van der Waals surface area contributed by atoms with Crippen LogP contribution in [0.4, 0.5) is 10.2 Å². The van der Waals surface area contributed by atoms with Crippen LogP contribution >= 0.6 is 15.9 Å². The van der Waals surface area contributed by atoms with Gasteiger partial charge >= 0.3 is 0 Å². The molecular formula is C13H14BrFN2. The first kappa shape index (κ1) is 12.3. The summed E-state index contributed by atoms with van der Waals surface area (Å²) in [7, 11) is 0. The first-order valence-corrected chi connectivity index (χ1v) is 6.45. The van der Waals surface area contributed by atoms with Crippen molar-refractivity contribution in [2.75, 3.05) is 18.0 Å². The van der Waals surface area contributed by atoms with Gasteiger partial charge in [-0.1, -0.05) is 6.07 Å². The normalized spacial score (nSPS) is 10.8. The van der Waals surface area contributed by atoms with Crippen LogP contribution in [-0.4, -0.2) is 18.1 Å². The van der Waals surface area contributed by atoms with Crippen molar-refractivity contribution >= 4 is 32.5 Å². The monoisotopic (exact) mass is 296 g/mol. The third-order valence-electron chi connectivity index (χ3n) is 2.84. The quantitative estimate of drug-likeness (QED) is 0.852. The molecule has 1 aromatic heterocycles. The van der Waals surface area contributed by atoms with E-state index in [0.29, 0.717) is 0 Å². The second-order valence-corrected chi connectivity index (χ2v) is 4.65. The molecule has 0 aliphatic rings. The van der Waals surface area contributed by atoms with E-state index in [1.54, 1.807) is 18.3 Å². The average molecular weight is 297 g/mol. The van der Waals surface area contributed by atoms with Crippen LogP contribution in [0.2, 0.25) is 0 Å². The number of pyridine rings is 1. The molecule has 0 saturated heterocycles. The van der Waals surface area contributed by atoms with Crippen molar-refractivity contribution in [1.82, 2.24) is 4.98 Å². The smallest absolute Gasteiger partial charge is 0.136 e. The van der Waals surface area contributed by atoms with Crippen LogP contribution in [-0.2, 0) is 0 Å². The topological polar surface area (TPSA) is 16.1 Å². The van der Waals surface area contributed by atoms with Crippen molar-refractivity contribution < 1.29 is 4.39 Å². The number of fused-ring (bicyclic) bond motifs is 1. The molecule has 4 heteroatoms. The Bertz CT molecular complexity index is 538. The molecular weight excluding hydrogens is 283 g/mol. The molecule has 90 valence electrons. The molecule has 0 bridgehead atoms. The first-order chi connectivity index (χ1) is 8.17. The summed E-state index contributed by atoms with van der Waals surface area (Å²) in [6, 6.07) is 4.79. The lowest BCUT2D eigenvalue weighted by Crippen LogP contribution is -2.23. The maximum absolute atomic E-state index is 13.4. The van der Waals surface area contributed by atoms with E-state index in [1.807, 2.05) is 0 Å². The zero-order chi connectivity index (χ0) is 12.4. The van der Waals surface area contributed by atoms with E-state index in [4.69, 9.17) is 0 Å². The van der Waals surface area contributed by atoms with Crippen LogP contribution in [0.1, 0.15) is 13.8 Å². The summed E-state index contributed by atoms with van der Waals surface area (Å²) >= 11 is 3.45. The van der Waals surface area contributed by atoms with E-state index in [0.717, 1.165) is 34.2 Å². The van der Waals surface area contributed by atoms with E-state index in [-0.39, 0.29) is 5.82 Å². The molecule has 0 atom stereocenters. The van der Waals surface area contributed by atoms with Gasteiger partial charge in [-0.05, 0) is 41.9 Å². The Balaban J connectivity index is 2.71. The molecule has 0 spiro atoms. The van der Waals surface area contributed by atoms with Gasteiger partial charge in [0.05, 0.1) is 0 Å². The number of halogens is 2. The van der Waals surface area contributed by atoms with Crippen LogP contribution in [0.15, 0.2) is 28.9 Å². The molecule has 2 aromatic rings. The number of anilines is 1. The molecule has 1 aromatic carbocycles. The van der Waals surface area contributed by atoms with E-state index < -0.39 is 0 Å². The third-order valence-corrected chi connectivity index (χ3v) is 3.47. The van der Waals surface area contributed by atoms with Gasteiger partial charge in [-0.2, -0.15) is 0 Å². The number of nitrogens with zero attached hydrogens (tertiary/aromatic N) is 2. The van der Waals surface area contributed by atoms with Crippen molar-refractivity contribution in [3.8, 4) is 0 Å². The molecule has 0 amide bonds. The van der Waals surface area contributed by atoms with Crippen molar-refractivity contribution in [2.45, 2.75) is 13.8 Å². The molecule has 0 saturated carbocycles. The highest BCUT2D eigenvalue weighted by molar-refractivity contribution is 9.10. The number of aromatic nitrogens is 1. The van der Waals surface area contributed by atoms with Gasteiger partial charge in [0.2, 0.25) is 0 Å². The predicted octanol–water partition coefficient (Wildman–Crippen LogP) is 3.98. The standard InChI is InChI=1S/C13H14BrFN2/c1-3-17(4-2)13-11-7-9(15)5-6-10(11)12(14)8-16-13/h5-8H,3-4H2,1-2H3. The fourth-order valence-electron chi connectivity index (χ4n) is 1.94.